The smallest absolute Gasteiger partial charge is 0.328 e. The number of ether oxygens (including phenoxy) is 2. The number of hydrogen-bond donors (Lipinski definition) is 1. The van der Waals surface area contributed by atoms with Crippen molar-refractivity contribution in [2.24, 2.45) is 0 Å². The molecule has 90 valence electrons. The molecule has 0 radical (unpaired) electrons. The van der Waals surface area contributed by atoms with Crippen molar-refractivity contribution in [3.63, 3.8) is 0 Å². The van der Waals surface area contributed by atoms with Crippen LogP contribution in [0.15, 0.2) is 36.4 Å². The summed E-state index contributed by atoms with van der Waals surface area (Å²) in [6.07, 6.45) is 5.99. The van der Waals surface area contributed by atoms with Gasteiger partial charge in [0.1, 0.15) is 0 Å². The third-order valence-electron chi connectivity index (χ3n) is 2.04. The Labute approximate surface area is 102 Å². The van der Waals surface area contributed by atoms with Gasteiger partial charge in [-0.2, -0.15) is 9.90 Å². The molecule has 0 spiro atoms. The summed E-state index contributed by atoms with van der Waals surface area (Å²) in [5.74, 6) is 0.484. The number of rotatable bonds is 3. The highest BCUT2D eigenvalue weighted by molar-refractivity contribution is 6.92. The van der Waals surface area contributed by atoms with E-state index in [1.54, 1.807) is 12.2 Å². The molecule has 1 aromatic rings. The molecule has 1 heterocycles. The van der Waals surface area contributed by atoms with Crippen LogP contribution in [0, 0.1) is 0 Å². The van der Waals surface area contributed by atoms with Gasteiger partial charge in [0.05, 0.1) is 0 Å². The SMILES string of the molecule is O=C(O)C=CC=Cc1ccc2c(c1)OCO2.P. The van der Waals surface area contributed by atoms with E-state index in [9.17, 15) is 4.79 Å². The fraction of sp³-hybridized carbons (Fsp3) is 0.0833. The van der Waals surface area contributed by atoms with E-state index >= 15 is 0 Å². The maximum atomic E-state index is 10.2. The molecule has 0 aliphatic carbocycles. The first-order valence-corrected chi connectivity index (χ1v) is 4.73. The predicted molar refractivity (Wildman–Crippen MR) is 69.5 cm³/mol. The van der Waals surface area contributed by atoms with Crippen molar-refractivity contribution in [2.75, 3.05) is 6.79 Å². The van der Waals surface area contributed by atoms with E-state index in [4.69, 9.17) is 14.6 Å². The topological polar surface area (TPSA) is 55.8 Å². The largest absolute Gasteiger partial charge is 0.478 e. The second-order valence-corrected chi connectivity index (χ2v) is 3.17. The van der Waals surface area contributed by atoms with Gasteiger partial charge in [-0.1, -0.05) is 24.3 Å². The summed E-state index contributed by atoms with van der Waals surface area (Å²) in [6.45, 7) is 0.251. The number of aliphatic carboxylic acids is 1. The van der Waals surface area contributed by atoms with Crippen molar-refractivity contribution >= 4 is 21.9 Å². The quantitative estimate of drug-likeness (QED) is 0.508. The highest BCUT2D eigenvalue weighted by Gasteiger charge is 2.11. The molecular weight excluding hydrogens is 239 g/mol. The lowest BCUT2D eigenvalue weighted by Crippen LogP contribution is -1.92. The number of hydrogen-bond acceptors (Lipinski definition) is 3. The first-order chi connectivity index (χ1) is 7.75. The molecule has 0 aromatic heterocycles. The Morgan fingerprint density at radius 3 is 2.76 bits per heavy atom. The van der Waals surface area contributed by atoms with Crippen molar-refractivity contribution in [1.29, 1.82) is 0 Å². The van der Waals surface area contributed by atoms with Crippen molar-refractivity contribution in [1.82, 2.24) is 0 Å². The second kappa shape index (κ2) is 6.06. The second-order valence-electron chi connectivity index (χ2n) is 3.17. The molecule has 0 saturated heterocycles. The van der Waals surface area contributed by atoms with Gasteiger partial charge in [0, 0.05) is 6.08 Å². The van der Waals surface area contributed by atoms with Crippen LogP contribution in [-0.2, 0) is 4.79 Å². The lowest BCUT2D eigenvalue weighted by atomic mass is 10.2. The van der Waals surface area contributed by atoms with Gasteiger partial charge in [-0.25, -0.2) is 4.79 Å². The monoisotopic (exact) mass is 252 g/mol. The van der Waals surface area contributed by atoms with Crippen LogP contribution in [-0.4, -0.2) is 17.9 Å². The highest BCUT2D eigenvalue weighted by Crippen LogP contribution is 2.32. The van der Waals surface area contributed by atoms with E-state index in [0.717, 1.165) is 17.4 Å². The van der Waals surface area contributed by atoms with Gasteiger partial charge >= 0.3 is 5.97 Å². The van der Waals surface area contributed by atoms with Crippen LogP contribution < -0.4 is 9.47 Å². The van der Waals surface area contributed by atoms with E-state index in [1.807, 2.05) is 18.2 Å². The van der Waals surface area contributed by atoms with Gasteiger partial charge < -0.3 is 14.6 Å². The molecule has 1 atom stereocenters. The number of carboxylic acid groups (broad SMARTS) is 1. The summed E-state index contributed by atoms with van der Waals surface area (Å²) >= 11 is 0. The van der Waals surface area contributed by atoms with Gasteiger partial charge in [-0.3, -0.25) is 0 Å². The Bertz CT molecular complexity index is 466. The molecule has 1 N–H and O–H groups in total. The number of carbonyl (C=O) groups is 1. The van der Waals surface area contributed by atoms with Gasteiger partial charge in [0.15, 0.2) is 11.5 Å². The Balaban J connectivity index is 0.00000144. The van der Waals surface area contributed by atoms with Crippen LogP contribution in [0.5, 0.6) is 11.5 Å². The first-order valence-electron chi connectivity index (χ1n) is 4.73. The van der Waals surface area contributed by atoms with Gasteiger partial charge in [0.25, 0.3) is 0 Å². The van der Waals surface area contributed by atoms with Crippen LogP contribution in [0.4, 0.5) is 0 Å². The third-order valence-corrected chi connectivity index (χ3v) is 2.04. The van der Waals surface area contributed by atoms with Crippen molar-refractivity contribution < 1.29 is 19.4 Å². The molecule has 17 heavy (non-hydrogen) atoms. The van der Waals surface area contributed by atoms with Crippen LogP contribution >= 0.6 is 9.90 Å². The van der Waals surface area contributed by atoms with Gasteiger partial charge in [-0.15, -0.1) is 0 Å². The van der Waals surface area contributed by atoms with E-state index in [2.05, 4.69) is 0 Å². The maximum absolute atomic E-state index is 10.2. The fourth-order valence-electron chi connectivity index (χ4n) is 1.32. The minimum atomic E-state index is -0.963. The summed E-state index contributed by atoms with van der Waals surface area (Å²) in [7, 11) is 0. The molecular formula is C12H13O4P. The minimum absolute atomic E-state index is 0. The molecule has 0 saturated carbocycles. The number of fused-ring (bicyclic) bond motifs is 1. The molecule has 4 nitrogen and oxygen atoms in total. The molecule has 5 heteroatoms. The van der Waals surface area contributed by atoms with Crippen molar-refractivity contribution in [3.05, 3.63) is 42.0 Å². The zero-order valence-electron chi connectivity index (χ0n) is 9.13. The van der Waals surface area contributed by atoms with Crippen molar-refractivity contribution in [2.45, 2.75) is 0 Å². The van der Waals surface area contributed by atoms with Crippen LogP contribution in [0.25, 0.3) is 6.08 Å². The minimum Gasteiger partial charge on any atom is -0.478 e. The lowest BCUT2D eigenvalue weighted by molar-refractivity contribution is -0.131. The van der Waals surface area contributed by atoms with Gasteiger partial charge in [-0.05, 0) is 17.7 Å². The number of benzene rings is 1. The zero-order chi connectivity index (χ0) is 11.4. The number of allylic oxidation sites excluding steroid dienone is 2. The Morgan fingerprint density at radius 2 is 2.00 bits per heavy atom. The Kier molecular flexibility index (Phi) is 4.73. The normalized spacial score (nSPS) is 12.9. The zero-order valence-corrected chi connectivity index (χ0v) is 10.5. The molecule has 1 aliphatic rings. The molecule has 1 aromatic carbocycles. The summed E-state index contributed by atoms with van der Waals surface area (Å²) in [6, 6.07) is 5.54. The average molecular weight is 252 g/mol. The summed E-state index contributed by atoms with van der Waals surface area (Å²) in [5, 5.41) is 8.38. The molecule has 0 bridgehead atoms. The van der Waals surface area contributed by atoms with E-state index < -0.39 is 5.97 Å². The summed E-state index contributed by atoms with van der Waals surface area (Å²) < 4.78 is 10.4. The molecule has 2 rings (SSSR count). The Morgan fingerprint density at radius 1 is 1.24 bits per heavy atom. The summed E-state index contributed by atoms with van der Waals surface area (Å²) in [5.41, 5.74) is 0.930. The summed E-state index contributed by atoms with van der Waals surface area (Å²) in [4.78, 5) is 10.2. The Hall–Kier alpha value is -1.80. The molecule has 1 aliphatic heterocycles. The fourth-order valence-corrected chi connectivity index (χ4v) is 1.32. The third kappa shape index (κ3) is 3.61. The lowest BCUT2D eigenvalue weighted by Gasteiger charge is -1.96. The van der Waals surface area contributed by atoms with Crippen LogP contribution in [0.2, 0.25) is 0 Å². The highest BCUT2D eigenvalue weighted by atomic mass is 31.0. The van der Waals surface area contributed by atoms with Crippen molar-refractivity contribution in [3.8, 4) is 11.5 Å². The van der Waals surface area contributed by atoms with Gasteiger partial charge in [0.2, 0.25) is 6.79 Å². The molecule has 1 unspecified atom stereocenters. The first kappa shape index (κ1) is 13.3. The maximum Gasteiger partial charge on any atom is 0.328 e. The van der Waals surface area contributed by atoms with Crippen LogP contribution in [0.3, 0.4) is 0 Å². The molecule has 0 amide bonds. The number of carboxylic acids is 1. The van der Waals surface area contributed by atoms with Crippen LogP contribution in [0.1, 0.15) is 5.56 Å². The molecule has 0 fully saturated rings. The van der Waals surface area contributed by atoms with E-state index in [1.165, 1.54) is 6.08 Å². The average Bonchev–Trinajstić information content (AvgIpc) is 2.71. The predicted octanol–water partition coefficient (Wildman–Crippen LogP) is 2.13. The standard InChI is InChI=1S/C12H10O4.H3P/c13-12(14)4-2-1-3-9-5-6-10-11(7-9)16-8-15-10;/h1-7H,8H2,(H,13,14);1H3. The van der Waals surface area contributed by atoms with E-state index in [-0.39, 0.29) is 16.7 Å². The van der Waals surface area contributed by atoms with E-state index in [0.29, 0.717) is 5.75 Å².